The Bertz CT molecular complexity index is 1130. The van der Waals surface area contributed by atoms with Crippen molar-refractivity contribution >= 4 is 52.7 Å². The molecule has 0 atom stereocenters. The zero-order valence-corrected chi connectivity index (χ0v) is 25.6. The molecule has 2 aromatic rings. The summed E-state index contributed by atoms with van der Waals surface area (Å²) in [6, 6.07) is 12.3. The first kappa shape index (κ1) is 32.3. The van der Waals surface area contributed by atoms with Crippen molar-refractivity contribution in [3.8, 4) is 5.75 Å². The topological polar surface area (TPSA) is 70.7 Å². The van der Waals surface area contributed by atoms with Crippen LogP contribution < -0.4 is 15.4 Å². The fraction of sp³-hybridized carbons (Fsp3) is 0.484. The summed E-state index contributed by atoms with van der Waals surface area (Å²) in [6.07, 6.45) is 9.70. The van der Waals surface area contributed by atoms with E-state index in [9.17, 15) is 9.59 Å². The van der Waals surface area contributed by atoms with Crippen LogP contribution in [0.1, 0.15) is 57.9 Å². The number of amides is 2. The Kier molecular flexibility index (Phi) is 13.1. The standard InChI is InChI=1S/C31H40Cl3N3O3/c1-31(2,40-26-10-8-25(32)9-11-26)30(39)36-18-14-23-15-20-37(21-16-23)19-5-3-4-17-35-29(38)13-7-24-6-12-27(33)28(34)22-24/h6-13,22-23H,3-5,14-21H2,1-2H3,(H,35,38)(H,36,39)/b13-7+. The van der Waals surface area contributed by atoms with Gasteiger partial charge in [0.2, 0.25) is 5.91 Å². The van der Waals surface area contributed by atoms with Gasteiger partial charge in [-0.1, -0.05) is 47.3 Å². The number of piperidine rings is 1. The summed E-state index contributed by atoms with van der Waals surface area (Å²) in [7, 11) is 0. The van der Waals surface area contributed by atoms with E-state index >= 15 is 0 Å². The lowest BCUT2D eigenvalue weighted by Gasteiger charge is -2.32. The number of benzene rings is 2. The molecule has 1 aliphatic rings. The van der Waals surface area contributed by atoms with Crippen LogP contribution in [0.5, 0.6) is 5.75 Å². The van der Waals surface area contributed by atoms with Crippen LogP contribution in [0, 0.1) is 5.92 Å². The molecule has 218 valence electrons. The predicted molar refractivity (Wildman–Crippen MR) is 165 cm³/mol. The van der Waals surface area contributed by atoms with E-state index in [1.54, 1.807) is 56.3 Å². The molecule has 0 bridgehead atoms. The highest BCUT2D eigenvalue weighted by Crippen LogP contribution is 2.24. The Labute approximate surface area is 253 Å². The van der Waals surface area contributed by atoms with E-state index in [2.05, 4.69) is 15.5 Å². The molecule has 40 heavy (non-hydrogen) atoms. The van der Waals surface area contributed by atoms with E-state index in [1.807, 2.05) is 6.07 Å². The molecule has 0 spiro atoms. The number of unbranched alkanes of at least 4 members (excludes halogenated alkanes) is 2. The van der Waals surface area contributed by atoms with Gasteiger partial charge in [0.1, 0.15) is 5.75 Å². The first-order chi connectivity index (χ1) is 19.1. The zero-order valence-electron chi connectivity index (χ0n) is 23.4. The van der Waals surface area contributed by atoms with Crippen molar-refractivity contribution in [1.82, 2.24) is 15.5 Å². The molecular formula is C31H40Cl3N3O3. The van der Waals surface area contributed by atoms with Gasteiger partial charge in [0.25, 0.3) is 5.91 Å². The number of likely N-dealkylation sites (tertiary alicyclic amines) is 1. The highest BCUT2D eigenvalue weighted by atomic mass is 35.5. The normalized spacial score (nSPS) is 14.8. The maximum Gasteiger partial charge on any atom is 0.263 e. The Morgan fingerprint density at radius 2 is 1.68 bits per heavy atom. The van der Waals surface area contributed by atoms with Gasteiger partial charge in [-0.3, -0.25) is 9.59 Å². The van der Waals surface area contributed by atoms with Gasteiger partial charge in [-0.25, -0.2) is 0 Å². The van der Waals surface area contributed by atoms with E-state index < -0.39 is 5.60 Å². The molecular weight excluding hydrogens is 569 g/mol. The fourth-order valence-corrected chi connectivity index (χ4v) is 5.07. The van der Waals surface area contributed by atoms with Crippen molar-refractivity contribution in [2.24, 2.45) is 5.92 Å². The molecule has 1 heterocycles. The number of carbonyl (C=O) groups is 2. The van der Waals surface area contributed by atoms with E-state index in [0.717, 1.165) is 63.7 Å². The molecule has 6 nitrogen and oxygen atoms in total. The summed E-state index contributed by atoms with van der Waals surface area (Å²) >= 11 is 17.8. The van der Waals surface area contributed by atoms with Crippen molar-refractivity contribution in [3.05, 3.63) is 69.2 Å². The molecule has 2 amide bonds. The summed E-state index contributed by atoms with van der Waals surface area (Å²) < 4.78 is 5.87. The van der Waals surface area contributed by atoms with Crippen LogP contribution in [0.2, 0.25) is 15.1 Å². The summed E-state index contributed by atoms with van der Waals surface area (Å²) in [5.41, 5.74) is -0.120. The maximum absolute atomic E-state index is 12.7. The van der Waals surface area contributed by atoms with Gasteiger partial charge in [0.15, 0.2) is 5.60 Å². The molecule has 0 aromatic heterocycles. The molecule has 1 fully saturated rings. The van der Waals surface area contributed by atoms with Gasteiger partial charge in [0.05, 0.1) is 10.0 Å². The van der Waals surface area contributed by atoms with Crippen molar-refractivity contribution in [2.45, 2.75) is 58.0 Å². The average Bonchev–Trinajstić information content (AvgIpc) is 2.93. The number of halogens is 3. The van der Waals surface area contributed by atoms with Crippen molar-refractivity contribution < 1.29 is 14.3 Å². The second kappa shape index (κ2) is 16.3. The number of hydrogen-bond donors (Lipinski definition) is 2. The SMILES string of the molecule is CC(C)(Oc1ccc(Cl)cc1)C(=O)NCCC1CCN(CCCCCNC(=O)/C=C/c2ccc(Cl)c(Cl)c2)CC1. The van der Waals surface area contributed by atoms with Crippen LogP contribution >= 0.6 is 34.8 Å². The maximum atomic E-state index is 12.7. The van der Waals surface area contributed by atoms with Gasteiger partial charge >= 0.3 is 0 Å². The van der Waals surface area contributed by atoms with Gasteiger partial charge in [0, 0.05) is 24.2 Å². The zero-order chi connectivity index (χ0) is 29.0. The van der Waals surface area contributed by atoms with Crippen molar-refractivity contribution in [2.75, 3.05) is 32.7 Å². The van der Waals surface area contributed by atoms with Crippen molar-refractivity contribution in [1.29, 1.82) is 0 Å². The van der Waals surface area contributed by atoms with Crippen LogP contribution in [0.15, 0.2) is 48.5 Å². The summed E-state index contributed by atoms with van der Waals surface area (Å²) in [5, 5.41) is 7.58. The number of hydrogen-bond acceptors (Lipinski definition) is 4. The van der Waals surface area contributed by atoms with Gasteiger partial charge in [-0.15, -0.1) is 0 Å². The molecule has 2 aromatic carbocycles. The lowest BCUT2D eigenvalue weighted by Crippen LogP contribution is -2.47. The molecule has 9 heteroatoms. The summed E-state index contributed by atoms with van der Waals surface area (Å²) in [6.45, 7) is 8.16. The predicted octanol–water partition coefficient (Wildman–Crippen LogP) is 7.02. The monoisotopic (exact) mass is 607 g/mol. The van der Waals surface area contributed by atoms with E-state index in [0.29, 0.717) is 39.8 Å². The van der Waals surface area contributed by atoms with Crippen molar-refractivity contribution in [3.63, 3.8) is 0 Å². The first-order valence-corrected chi connectivity index (χ1v) is 15.1. The highest BCUT2D eigenvalue weighted by molar-refractivity contribution is 6.42. The minimum Gasteiger partial charge on any atom is -0.478 e. The molecule has 0 saturated carbocycles. The lowest BCUT2D eigenvalue weighted by atomic mass is 9.93. The average molecular weight is 609 g/mol. The van der Waals surface area contributed by atoms with Crippen LogP contribution in [0.4, 0.5) is 0 Å². The second-order valence-corrected chi connectivity index (χ2v) is 12.0. The third kappa shape index (κ3) is 11.3. The summed E-state index contributed by atoms with van der Waals surface area (Å²) in [4.78, 5) is 27.2. The minimum absolute atomic E-state index is 0.109. The smallest absolute Gasteiger partial charge is 0.263 e. The number of ether oxygens (including phenoxy) is 1. The quantitative estimate of drug-likeness (QED) is 0.179. The molecule has 3 rings (SSSR count). The lowest BCUT2D eigenvalue weighted by molar-refractivity contribution is -0.134. The number of nitrogens with one attached hydrogen (secondary N) is 2. The first-order valence-electron chi connectivity index (χ1n) is 14.0. The third-order valence-corrected chi connectivity index (χ3v) is 8.09. The van der Waals surface area contributed by atoms with Crippen LogP contribution in [-0.2, 0) is 9.59 Å². The van der Waals surface area contributed by atoms with E-state index in [-0.39, 0.29) is 11.8 Å². The van der Waals surface area contributed by atoms with Crippen LogP contribution in [-0.4, -0.2) is 55.0 Å². The van der Waals surface area contributed by atoms with Gasteiger partial charge < -0.3 is 20.3 Å². The largest absolute Gasteiger partial charge is 0.478 e. The summed E-state index contributed by atoms with van der Waals surface area (Å²) in [5.74, 6) is 1.03. The Morgan fingerprint density at radius 3 is 2.38 bits per heavy atom. The molecule has 1 saturated heterocycles. The number of rotatable bonds is 14. The Balaban J connectivity index is 1.21. The molecule has 2 N–H and O–H groups in total. The van der Waals surface area contributed by atoms with Crippen LogP contribution in [0.25, 0.3) is 6.08 Å². The molecule has 0 aliphatic carbocycles. The molecule has 0 radical (unpaired) electrons. The number of carbonyl (C=O) groups excluding carboxylic acids is 2. The second-order valence-electron chi connectivity index (χ2n) is 10.8. The minimum atomic E-state index is -0.955. The Hall–Kier alpha value is -2.25. The molecule has 0 unspecified atom stereocenters. The Morgan fingerprint density at radius 1 is 0.950 bits per heavy atom. The van der Waals surface area contributed by atoms with E-state index in [1.165, 1.54) is 6.08 Å². The van der Waals surface area contributed by atoms with Crippen LogP contribution in [0.3, 0.4) is 0 Å². The third-order valence-electron chi connectivity index (χ3n) is 7.10. The van der Waals surface area contributed by atoms with E-state index in [4.69, 9.17) is 39.5 Å². The highest BCUT2D eigenvalue weighted by Gasteiger charge is 2.30. The van der Waals surface area contributed by atoms with Gasteiger partial charge in [-0.2, -0.15) is 0 Å². The number of nitrogens with zero attached hydrogens (tertiary/aromatic N) is 1. The van der Waals surface area contributed by atoms with Gasteiger partial charge in [-0.05, 0) is 120 Å². The fourth-order valence-electron chi connectivity index (χ4n) is 4.64. The molecule has 1 aliphatic heterocycles.